The summed E-state index contributed by atoms with van der Waals surface area (Å²) in [6.07, 6.45) is 0.259. The molecule has 4 rings (SSSR count). The SMILES string of the molecule is Cc1cccc(N/[NH+]=C(/Cc2cccc(OCc3nc(-c4ccccc4)oc3C)c2)C(=[NH2+])C(=O)O)c1. The van der Waals surface area contributed by atoms with Gasteiger partial charge in [-0.2, -0.15) is 5.43 Å². The zero-order chi connectivity index (χ0) is 25.5. The Balaban J connectivity index is 1.47. The number of aromatic nitrogens is 1. The molecule has 0 unspecified atom stereocenters. The first-order chi connectivity index (χ1) is 17.4. The van der Waals surface area contributed by atoms with Crippen molar-refractivity contribution in [2.24, 2.45) is 0 Å². The van der Waals surface area contributed by atoms with Gasteiger partial charge in [0.25, 0.3) is 5.71 Å². The molecule has 8 nitrogen and oxygen atoms in total. The number of benzene rings is 3. The first-order valence-corrected chi connectivity index (χ1v) is 11.4. The third kappa shape index (κ3) is 6.24. The molecule has 0 atom stereocenters. The van der Waals surface area contributed by atoms with Gasteiger partial charge in [-0.15, -0.1) is 5.10 Å². The summed E-state index contributed by atoms with van der Waals surface area (Å²) in [5, 5.41) is 18.3. The van der Waals surface area contributed by atoms with Gasteiger partial charge in [-0.1, -0.05) is 42.5 Å². The lowest BCUT2D eigenvalue weighted by Crippen LogP contribution is -2.82. The molecule has 3 aromatic carbocycles. The highest BCUT2D eigenvalue weighted by Crippen LogP contribution is 2.23. The molecule has 0 aliphatic carbocycles. The van der Waals surface area contributed by atoms with Gasteiger partial charge in [0.2, 0.25) is 5.89 Å². The van der Waals surface area contributed by atoms with E-state index in [2.05, 4.69) is 15.5 Å². The number of hydrazine groups is 1. The molecule has 4 aromatic rings. The van der Waals surface area contributed by atoms with Crippen LogP contribution in [0.15, 0.2) is 83.3 Å². The fourth-order valence-electron chi connectivity index (χ4n) is 3.57. The Morgan fingerprint density at radius 3 is 2.58 bits per heavy atom. The minimum atomic E-state index is -1.20. The first-order valence-electron chi connectivity index (χ1n) is 11.4. The monoisotopic (exact) mass is 484 g/mol. The third-order valence-electron chi connectivity index (χ3n) is 5.50. The number of aliphatic carboxylic acids is 1. The summed E-state index contributed by atoms with van der Waals surface area (Å²) in [4.78, 5) is 16.1. The van der Waals surface area contributed by atoms with Crippen LogP contribution in [-0.2, 0) is 17.8 Å². The molecular weight excluding hydrogens is 456 g/mol. The molecule has 8 heteroatoms. The van der Waals surface area contributed by atoms with Gasteiger partial charge in [0.15, 0.2) is 0 Å². The van der Waals surface area contributed by atoms with Crippen molar-refractivity contribution >= 4 is 23.1 Å². The number of anilines is 1. The van der Waals surface area contributed by atoms with E-state index in [0.29, 0.717) is 28.8 Å². The maximum Gasteiger partial charge on any atom is 0.407 e. The van der Waals surface area contributed by atoms with E-state index in [1.807, 2.05) is 92.7 Å². The highest BCUT2D eigenvalue weighted by atomic mass is 16.5. The van der Waals surface area contributed by atoms with Crippen LogP contribution in [0.2, 0.25) is 0 Å². The van der Waals surface area contributed by atoms with Gasteiger partial charge in [0.1, 0.15) is 23.8 Å². The standard InChI is InChI=1S/C28H26N4O4/c1-18-8-6-12-22(14-18)31-32-24(26(29)28(33)34)16-20-9-7-13-23(15-20)35-17-25-19(2)36-27(30-25)21-10-4-3-5-11-21/h3-15,29,31H,16-17H2,1-2H3,(H,33,34)/p+2/b29-26?,32-24-. The Kier molecular flexibility index (Phi) is 7.55. The number of carboxylic acids is 1. The molecule has 5 N–H and O–H groups in total. The van der Waals surface area contributed by atoms with Crippen LogP contribution in [0.4, 0.5) is 5.69 Å². The Morgan fingerprint density at radius 2 is 1.83 bits per heavy atom. The number of carbonyl (C=O) groups is 1. The molecule has 36 heavy (non-hydrogen) atoms. The minimum Gasteiger partial charge on any atom is -0.487 e. The van der Waals surface area contributed by atoms with Gasteiger partial charge < -0.3 is 14.3 Å². The summed E-state index contributed by atoms with van der Waals surface area (Å²) in [7, 11) is 0. The fraction of sp³-hybridized carbons (Fsp3) is 0.143. The maximum absolute atomic E-state index is 11.6. The molecule has 182 valence electrons. The van der Waals surface area contributed by atoms with Crippen molar-refractivity contribution in [1.82, 2.24) is 4.98 Å². The van der Waals surface area contributed by atoms with Gasteiger partial charge in [0.05, 0.1) is 12.1 Å². The maximum atomic E-state index is 11.6. The molecule has 1 aromatic heterocycles. The van der Waals surface area contributed by atoms with Crippen molar-refractivity contribution in [1.29, 1.82) is 0 Å². The molecule has 0 saturated carbocycles. The fourth-order valence-corrected chi connectivity index (χ4v) is 3.57. The lowest BCUT2D eigenvalue weighted by molar-refractivity contribution is -0.419. The average molecular weight is 485 g/mol. The largest absolute Gasteiger partial charge is 0.487 e. The molecule has 0 radical (unpaired) electrons. The Labute approximate surface area is 208 Å². The average Bonchev–Trinajstić information content (AvgIpc) is 3.26. The predicted molar refractivity (Wildman–Crippen MR) is 136 cm³/mol. The van der Waals surface area contributed by atoms with E-state index in [9.17, 15) is 9.90 Å². The number of hydrogen-bond donors (Lipinski definition) is 4. The highest BCUT2D eigenvalue weighted by molar-refractivity contribution is 6.62. The lowest BCUT2D eigenvalue weighted by atomic mass is 10.0. The Morgan fingerprint density at radius 1 is 1.06 bits per heavy atom. The smallest absolute Gasteiger partial charge is 0.407 e. The van der Waals surface area contributed by atoms with E-state index < -0.39 is 5.97 Å². The van der Waals surface area contributed by atoms with Crippen molar-refractivity contribution in [3.8, 4) is 17.2 Å². The van der Waals surface area contributed by atoms with Crippen LogP contribution in [0.3, 0.4) is 0 Å². The molecule has 0 spiro atoms. The molecule has 1 heterocycles. The number of hydrogen-bond acceptors (Lipinski definition) is 5. The molecule has 0 bridgehead atoms. The van der Waals surface area contributed by atoms with Crippen molar-refractivity contribution in [2.75, 3.05) is 5.43 Å². The molecule has 0 fully saturated rings. The summed E-state index contributed by atoms with van der Waals surface area (Å²) < 4.78 is 11.8. The van der Waals surface area contributed by atoms with Crippen LogP contribution in [0.1, 0.15) is 22.6 Å². The van der Waals surface area contributed by atoms with Crippen LogP contribution in [0.5, 0.6) is 5.75 Å². The van der Waals surface area contributed by atoms with Crippen molar-refractivity contribution in [3.05, 3.63) is 101 Å². The summed E-state index contributed by atoms with van der Waals surface area (Å²) in [5.74, 6) is 0.658. The van der Waals surface area contributed by atoms with Crippen molar-refractivity contribution < 1.29 is 29.6 Å². The van der Waals surface area contributed by atoms with Crippen molar-refractivity contribution in [3.63, 3.8) is 0 Å². The molecule has 0 aliphatic rings. The highest BCUT2D eigenvalue weighted by Gasteiger charge is 2.28. The number of oxazole rings is 1. The number of nitrogens with two attached hydrogens (primary N) is 1. The van der Waals surface area contributed by atoms with Crippen LogP contribution >= 0.6 is 0 Å². The number of nitrogens with one attached hydrogen (secondary N) is 2. The van der Waals surface area contributed by atoms with Gasteiger partial charge >= 0.3 is 11.7 Å². The second kappa shape index (κ2) is 11.1. The van der Waals surface area contributed by atoms with Crippen LogP contribution in [0.25, 0.3) is 11.5 Å². The predicted octanol–water partition coefficient (Wildman–Crippen LogP) is 1.91. The van der Waals surface area contributed by atoms with Gasteiger partial charge in [-0.3, -0.25) is 0 Å². The van der Waals surface area contributed by atoms with Gasteiger partial charge in [0, 0.05) is 5.56 Å². The molecule has 0 aliphatic heterocycles. The van der Waals surface area contributed by atoms with Crippen LogP contribution in [0, 0.1) is 13.8 Å². The van der Waals surface area contributed by atoms with E-state index >= 15 is 0 Å². The minimum absolute atomic E-state index is 0.235. The van der Waals surface area contributed by atoms with Crippen LogP contribution in [-0.4, -0.2) is 27.5 Å². The second-order valence-corrected chi connectivity index (χ2v) is 8.32. The molecular formula is C28H28N4O4+2. The quantitative estimate of drug-likeness (QED) is 0.201. The number of ether oxygens (including phenoxy) is 1. The summed E-state index contributed by atoms with van der Waals surface area (Å²) in [6.45, 7) is 4.06. The summed E-state index contributed by atoms with van der Waals surface area (Å²) in [5.41, 5.74) is 7.38. The van der Waals surface area contributed by atoms with E-state index in [4.69, 9.17) is 14.6 Å². The number of aryl methyl sites for hydroxylation is 2. The van der Waals surface area contributed by atoms with E-state index in [0.717, 1.165) is 22.4 Å². The topological polar surface area (TPSA) is 124 Å². The van der Waals surface area contributed by atoms with Gasteiger partial charge in [-0.25, -0.2) is 15.2 Å². The lowest BCUT2D eigenvalue weighted by Gasteiger charge is -2.06. The Hall–Kier alpha value is -4.72. The normalized spacial score (nSPS) is 11.2. The van der Waals surface area contributed by atoms with E-state index in [1.54, 1.807) is 0 Å². The van der Waals surface area contributed by atoms with Gasteiger partial charge in [-0.05, 0) is 61.4 Å². The number of rotatable bonds is 10. The van der Waals surface area contributed by atoms with E-state index in [-0.39, 0.29) is 18.7 Å². The number of hydrazone groups is 1. The van der Waals surface area contributed by atoms with Crippen molar-refractivity contribution in [2.45, 2.75) is 26.9 Å². The Bertz CT molecular complexity index is 1410. The van der Waals surface area contributed by atoms with E-state index in [1.165, 1.54) is 0 Å². The second-order valence-electron chi connectivity index (χ2n) is 8.32. The zero-order valence-electron chi connectivity index (χ0n) is 20.1. The first kappa shape index (κ1) is 24.4. The van der Waals surface area contributed by atoms with Crippen LogP contribution < -0.4 is 20.7 Å². The number of carboxylic acid groups (broad SMARTS) is 1. The summed E-state index contributed by atoms with van der Waals surface area (Å²) in [6, 6.07) is 24.8. The number of nitrogens with zero attached hydrogens (tertiary/aromatic N) is 1. The zero-order valence-corrected chi connectivity index (χ0v) is 20.1. The third-order valence-corrected chi connectivity index (χ3v) is 5.50. The molecule has 0 amide bonds. The molecule has 0 saturated heterocycles. The summed E-state index contributed by atoms with van der Waals surface area (Å²) >= 11 is 0.